The lowest BCUT2D eigenvalue weighted by molar-refractivity contribution is 0.0947. The number of carbonyl (C=O) groups is 1. The van der Waals surface area contributed by atoms with E-state index in [-0.39, 0.29) is 18.2 Å². The maximum absolute atomic E-state index is 12.4. The molecule has 3 rings (SSSR count). The average Bonchev–Trinajstić information content (AvgIpc) is 3.10. The molecule has 122 valence electrons. The van der Waals surface area contributed by atoms with Gasteiger partial charge >= 0.3 is 0 Å². The fourth-order valence-corrected chi connectivity index (χ4v) is 2.57. The largest absolute Gasteiger partial charge is 0.443 e. The smallest absolute Gasteiger partial charge is 0.274 e. The average molecular weight is 343 g/mol. The van der Waals surface area contributed by atoms with E-state index in [9.17, 15) is 4.79 Å². The van der Waals surface area contributed by atoms with Crippen molar-refractivity contribution in [2.24, 2.45) is 0 Å². The highest BCUT2D eigenvalue weighted by atomic mass is 35.5. The Morgan fingerprint density at radius 3 is 2.75 bits per heavy atom. The van der Waals surface area contributed by atoms with Crippen LogP contribution in [0.2, 0.25) is 5.02 Å². The number of aromatic nitrogens is 1. The maximum atomic E-state index is 12.4. The lowest BCUT2D eigenvalue weighted by Gasteiger charge is -2.07. The first-order valence-electron chi connectivity index (χ1n) is 7.34. The molecule has 0 radical (unpaired) electrons. The number of aliphatic hydroxyl groups excluding tert-OH is 1. The molecule has 0 bridgehead atoms. The molecule has 6 heteroatoms. The second kappa shape index (κ2) is 7.29. The van der Waals surface area contributed by atoms with Crippen molar-refractivity contribution in [1.29, 1.82) is 0 Å². The summed E-state index contributed by atoms with van der Waals surface area (Å²) in [5.41, 5.74) is 2.48. The molecule has 0 aliphatic carbocycles. The SMILES string of the molecule is O=C(NCc1cccc(CO)c1)c1ncoc1-c1ccccc1Cl. The first kappa shape index (κ1) is 16.2. The number of aliphatic hydroxyl groups is 1. The lowest BCUT2D eigenvalue weighted by Crippen LogP contribution is -2.23. The van der Waals surface area contributed by atoms with Crippen LogP contribution in [0.1, 0.15) is 21.6 Å². The monoisotopic (exact) mass is 342 g/mol. The summed E-state index contributed by atoms with van der Waals surface area (Å²) in [4.78, 5) is 16.4. The first-order valence-corrected chi connectivity index (χ1v) is 7.72. The Hall–Kier alpha value is -2.63. The summed E-state index contributed by atoms with van der Waals surface area (Å²) in [6, 6.07) is 14.5. The lowest BCUT2D eigenvalue weighted by atomic mass is 10.1. The Morgan fingerprint density at radius 2 is 1.96 bits per heavy atom. The van der Waals surface area contributed by atoms with Crippen LogP contribution in [0.3, 0.4) is 0 Å². The third-order valence-electron chi connectivity index (χ3n) is 3.53. The summed E-state index contributed by atoms with van der Waals surface area (Å²) in [6.45, 7) is 0.281. The number of hydrogen-bond acceptors (Lipinski definition) is 4. The van der Waals surface area contributed by atoms with Gasteiger partial charge in [-0.25, -0.2) is 4.98 Å². The minimum absolute atomic E-state index is 0.0400. The molecular weight excluding hydrogens is 328 g/mol. The molecule has 3 aromatic rings. The third-order valence-corrected chi connectivity index (χ3v) is 3.86. The predicted molar refractivity (Wildman–Crippen MR) is 90.5 cm³/mol. The first-order chi connectivity index (χ1) is 11.7. The van der Waals surface area contributed by atoms with Gasteiger partial charge in [0.15, 0.2) is 17.8 Å². The number of halogens is 1. The minimum Gasteiger partial charge on any atom is -0.443 e. The van der Waals surface area contributed by atoms with Crippen LogP contribution in [0.5, 0.6) is 0 Å². The molecule has 0 saturated carbocycles. The molecule has 2 aromatic carbocycles. The highest BCUT2D eigenvalue weighted by Crippen LogP contribution is 2.29. The Labute approximate surface area is 143 Å². The Kier molecular flexibility index (Phi) is 4.93. The highest BCUT2D eigenvalue weighted by Gasteiger charge is 2.19. The topological polar surface area (TPSA) is 75.4 Å². The van der Waals surface area contributed by atoms with E-state index in [2.05, 4.69) is 10.3 Å². The van der Waals surface area contributed by atoms with Gasteiger partial charge in [-0.05, 0) is 23.3 Å². The quantitative estimate of drug-likeness (QED) is 0.745. The van der Waals surface area contributed by atoms with Gasteiger partial charge in [-0.15, -0.1) is 0 Å². The van der Waals surface area contributed by atoms with Crippen LogP contribution < -0.4 is 5.32 Å². The number of nitrogens with zero attached hydrogens (tertiary/aromatic N) is 1. The van der Waals surface area contributed by atoms with Gasteiger partial charge in [0.1, 0.15) is 0 Å². The number of rotatable bonds is 5. The van der Waals surface area contributed by atoms with Gasteiger partial charge in [-0.2, -0.15) is 0 Å². The highest BCUT2D eigenvalue weighted by molar-refractivity contribution is 6.33. The molecule has 0 unspecified atom stereocenters. The molecule has 1 amide bonds. The molecule has 2 N–H and O–H groups in total. The maximum Gasteiger partial charge on any atom is 0.274 e. The van der Waals surface area contributed by atoms with Gasteiger partial charge in [-0.1, -0.05) is 48.0 Å². The molecular formula is C18H15ClN2O3. The second-order valence-corrected chi connectivity index (χ2v) is 5.58. The van der Waals surface area contributed by atoms with E-state index in [1.807, 2.05) is 30.3 Å². The summed E-state index contributed by atoms with van der Waals surface area (Å²) in [5, 5.41) is 12.4. The second-order valence-electron chi connectivity index (χ2n) is 5.17. The Bertz CT molecular complexity index is 861. The Morgan fingerprint density at radius 1 is 1.17 bits per heavy atom. The van der Waals surface area contributed by atoms with Crippen molar-refractivity contribution >= 4 is 17.5 Å². The van der Waals surface area contributed by atoms with E-state index in [1.54, 1.807) is 18.2 Å². The fraction of sp³-hybridized carbons (Fsp3) is 0.111. The van der Waals surface area contributed by atoms with E-state index in [4.69, 9.17) is 21.1 Å². The van der Waals surface area contributed by atoms with Crippen molar-refractivity contribution in [1.82, 2.24) is 10.3 Å². The molecule has 0 spiro atoms. The summed E-state index contributed by atoms with van der Waals surface area (Å²) in [6.07, 6.45) is 1.22. The molecule has 0 fully saturated rings. The van der Waals surface area contributed by atoms with Crippen molar-refractivity contribution in [3.8, 4) is 11.3 Å². The van der Waals surface area contributed by atoms with Crippen LogP contribution in [-0.2, 0) is 13.2 Å². The predicted octanol–water partition coefficient (Wildman–Crippen LogP) is 3.42. The number of oxazole rings is 1. The van der Waals surface area contributed by atoms with Gasteiger partial charge in [0.05, 0.1) is 11.6 Å². The minimum atomic E-state index is -0.354. The van der Waals surface area contributed by atoms with Crippen LogP contribution in [0.25, 0.3) is 11.3 Å². The van der Waals surface area contributed by atoms with Crippen LogP contribution in [0.15, 0.2) is 59.3 Å². The number of hydrogen-bond donors (Lipinski definition) is 2. The van der Waals surface area contributed by atoms with E-state index in [0.717, 1.165) is 11.1 Å². The summed E-state index contributed by atoms with van der Waals surface area (Å²) < 4.78 is 5.35. The fourth-order valence-electron chi connectivity index (χ4n) is 2.35. The zero-order valence-corrected chi connectivity index (χ0v) is 13.5. The van der Waals surface area contributed by atoms with Crippen molar-refractivity contribution in [2.75, 3.05) is 0 Å². The van der Waals surface area contributed by atoms with Crippen molar-refractivity contribution in [2.45, 2.75) is 13.2 Å². The molecule has 1 aromatic heterocycles. The van der Waals surface area contributed by atoms with E-state index < -0.39 is 0 Å². The van der Waals surface area contributed by atoms with Crippen molar-refractivity contribution in [3.63, 3.8) is 0 Å². The summed E-state index contributed by atoms with van der Waals surface area (Å²) in [5.74, 6) is -0.0183. The number of nitrogens with one attached hydrogen (secondary N) is 1. The van der Waals surface area contributed by atoms with Gasteiger partial charge in [0.25, 0.3) is 5.91 Å². The third kappa shape index (κ3) is 3.48. The molecule has 0 atom stereocenters. The summed E-state index contributed by atoms with van der Waals surface area (Å²) in [7, 11) is 0. The van der Waals surface area contributed by atoms with E-state index >= 15 is 0 Å². The molecule has 1 heterocycles. The Balaban J connectivity index is 1.77. The van der Waals surface area contributed by atoms with Gasteiger partial charge in [0.2, 0.25) is 0 Å². The number of benzene rings is 2. The standard InChI is InChI=1S/C18H15ClN2O3/c19-15-7-2-1-6-14(15)17-16(21-11-24-17)18(23)20-9-12-4-3-5-13(8-12)10-22/h1-8,11,22H,9-10H2,(H,20,23). The molecule has 24 heavy (non-hydrogen) atoms. The van der Waals surface area contributed by atoms with Crippen molar-refractivity contribution < 1.29 is 14.3 Å². The molecule has 0 aliphatic heterocycles. The van der Waals surface area contributed by atoms with Crippen LogP contribution in [0.4, 0.5) is 0 Å². The number of carbonyl (C=O) groups excluding carboxylic acids is 1. The molecule has 5 nitrogen and oxygen atoms in total. The van der Waals surface area contributed by atoms with E-state index in [0.29, 0.717) is 22.9 Å². The van der Waals surface area contributed by atoms with Gasteiger partial charge in [0, 0.05) is 12.1 Å². The van der Waals surface area contributed by atoms with Crippen molar-refractivity contribution in [3.05, 3.63) is 76.8 Å². The van der Waals surface area contributed by atoms with Gasteiger partial charge < -0.3 is 14.8 Å². The van der Waals surface area contributed by atoms with Crippen LogP contribution in [-0.4, -0.2) is 16.0 Å². The van der Waals surface area contributed by atoms with Crippen LogP contribution >= 0.6 is 11.6 Å². The molecule has 0 aliphatic rings. The zero-order chi connectivity index (χ0) is 16.9. The van der Waals surface area contributed by atoms with Gasteiger partial charge in [-0.3, -0.25) is 4.79 Å². The normalized spacial score (nSPS) is 10.6. The zero-order valence-electron chi connectivity index (χ0n) is 12.7. The van der Waals surface area contributed by atoms with Crippen LogP contribution in [0, 0.1) is 0 Å². The number of amides is 1. The molecule has 0 saturated heterocycles. The van der Waals surface area contributed by atoms with E-state index in [1.165, 1.54) is 6.39 Å². The summed E-state index contributed by atoms with van der Waals surface area (Å²) >= 11 is 6.16.